The Bertz CT molecular complexity index is 762. The zero-order valence-corrected chi connectivity index (χ0v) is 15.4. The van der Waals surface area contributed by atoms with Crippen molar-refractivity contribution in [3.05, 3.63) is 76.9 Å². The van der Waals surface area contributed by atoms with Gasteiger partial charge in [-0.1, -0.05) is 61.5 Å². The lowest BCUT2D eigenvalue weighted by Crippen LogP contribution is -2.25. The monoisotopic (exact) mass is 352 g/mol. The molecule has 0 spiro atoms. The molecule has 0 aliphatic carbocycles. The molecule has 0 heterocycles. The summed E-state index contributed by atoms with van der Waals surface area (Å²) in [6.07, 6.45) is 2.30. The number of hydrogen-bond acceptors (Lipinski definition) is 4. The first-order valence-corrected chi connectivity index (χ1v) is 8.65. The average molecular weight is 352 g/mol. The molecule has 4 nitrogen and oxygen atoms in total. The van der Waals surface area contributed by atoms with Crippen LogP contribution in [0.1, 0.15) is 37.5 Å². The quantitative estimate of drug-likeness (QED) is 0.550. The van der Waals surface area contributed by atoms with E-state index in [9.17, 15) is 9.59 Å². The van der Waals surface area contributed by atoms with Crippen LogP contribution in [0, 0.1) is 0 Å². The smallest absolute Gasteiger partial charge is 0.305 e. The van der Waals surface area contributed by atoms with Gasteiger partial charge in [0.2, 0.25) is 0 Å². The van der Waals surface area contributed by atoms with Gasteiger partial charge >= 0.3 is 11.9 Å². The highest BCUT2D eigenvalue weighted by Crippen LogP contribution is 2.20. The van der Waals surface area contributed by atoms with Gasteiger partial charge in [-0.2, -0.15) is 0 Å². The lowest BCUT2D eigenvalue weighted by atomic mass is 10.0. The molecule has 0 fully saturated rings. The zero-order valence-electron chi connectivity index (χ0n) is 15.4. The molecule has 0 saturated carbocycles. The van der Waals surface area contributed by atoms with E-state index in [-0.39, 0.29) is 0 Å². The van der Waals surface area contributed by atoms with Crippen LogP contribution in [0.25, 0.3) is 6.08 Å². The molecule has 0 saturated heterocycles. The lowest BCUT2D eigenvalue weighted by molar-refractivity contribution is -0.178. The minimum atomic E-state index is -1.05. The predicted molar refractivity (Wildman–Crippen MR) is 101 cm³/mol. The summed E-state index contributed by atoms with van der Waals surface area (Å²) < 4.78 is 10.5. The number of carbonyl (C=O) groups excluding carboxylic acids is 2. The molecule has 0 N–H and O–H groups in total. The van der Waals surface area contributed by atoms with Crippen molar-refractivity contribution < 1.29 is 19.1 Å². The second kappa shape index (κ2) is 9.56. The summed E-state index contributed by atoms with van der Waals surface area (Å²) in [5, 5.41) is 0. The molecule has 2 aromatic rings. The number of rotatable bonds is 7. The fourth-order valence-electron chi connectivity index (χ4n) is 2.63. The summed E-state index contributed by atoms with van der Waals surface area (Å²) in [5.41, 5.74) is 3.92. The van der Waals surface area contributed by atoms with E-state index < -0.39 is 18.2 Å². The zero-order chi connectivity index (χ0) is 18.9. The molecule has 0 bridgehead atoms. The average Bonchev–Trinajstić information content (AvgIpc) is 2.61. The Hall–Kier alpha value is -2.88. The van der Waals surface area contributed by atoms with Crippen molar-refractivity contribution in [3.8, 4) is 0 Å². The standard InChI is InChI=1S/C22H24O4/c1-4-18-11-8-12-20(13-18)15-21(14-19-9-6-5-7-10-19)22(25-16(2)23)26-17(3)24/h5-13,15,22H,4,14H2,1-3H3. The first kappa shape index (κ1) is 19.4. The van der Waals surface area contributed by atoms with Crippen molar-refractivity contribution in [3.63, 3.8) is 0 Å². The summed E-state index contributed by atoms with van der Waals surface area (Å²) in [5.74, 6) is -1.00. The number of hydrogen-bond donors (Lipinski definition) is 0. The Morgan fingerprint density at radius 1 is 0.923 bits per heavy atom. The Morgan fingerprint density at radius 3 is 2.12 bits per heavy atom. The highest BCUT2D eigenvalue weighted by Gasteiger charge is 2.21. The first-order valence-electron chi connectivity index (χ1n) is 8.65. The van der Waals surface area contributed by atoms with E-state index in [0.717, 1.165) is 17.5 Å². The molecule has 0 radical (unpaired) electrons. The van der Waals surface area contributed by atoms with Crippen LogP contribution in [0.15, 0.2) is 60.2 Å². The summed E-state index contributed by atoms with van der Waals surface area (Å²) in [6.45, 7) is 4.69. The van der Waals surface area contributed by atoms with Crippen LogP contribution >= 0.6 is 0 Å². The van der Waals surface area contributed by atoms with Gasteiger partial charge in [0.05, 0.1) is 0 Å². The van der Waals surface area contributed by atoms with Crippen molar-refractivity contribution in [2.45, 2.75) is 39.9 Å². The molecule has 2 aromatic carbocycles. The van der Waals surface area contributed by atoms with Gasteiger partial charge in [0.25, 0.3) is 6.29 Å². The van der Waals surface area contributed by atoms with Crippen molar-refractivity contribution >= 4 is 18.0 Å². The van der Waals surface area contributed by atoms with Crippen molar-refractivity contribution in [1.82, 2.24) is 0 Å². The van der Waals surface area contributed by atoms with Gasteiger partial charge in [-0.15, -0.1) is 0 Å². The second-order valence-electron chi connectivity index (χ2n) is 6.03. The summed E-state index contributed by atoms with van der Waals surface area (Å²) in [4.78, 5) is 23.0. The summed E-state index contributed by atoms with van der Waals surface area (Å²) in [6, 6.07) is 17.9. The molecule has 26 heavy (non-hydrogen) atoms. The highest BCUT2D eigenvalue weighted by molar-refractivity contribution is 5.69. The van der Waals surface area contributed by atoms with Crippen LogP contribution in [0.4, 0.5) is 0 Å². The molecule has 0 aliphatic rings. The number of ether oxygens (including phenoxy) is 2. The van der Waals surface area contributed by atoms with E-state index in [0.29, 0.717) is 12.0 Å². The van der Waals surface area contributed by atoms with Crippen LogP contribution in [0.3, 0.4) is 0 Å². The summed E-state index contributed by atoms with van der Waals surface area (Å²) >= 11 is 0. The maximum atomic E-state index is 11.5. The molecule has 0 atom stereocenters. The minimum Gasteiger partial charge on any atom is -0.421 e. The second-order valence-corrected chi connectivity index (χ2v) is 6.03. The number of carbonyl (C=O) groups is 2. The Balaban J connectivity index is 2.42. The highest BCUT2D eigenvalue weighted by atomic mass is 16.7. The van der Waals surface area contributed by atoms with E-state index in [1.807, 2.05) is 48.5 Å². The molecule has 0 amide bonds. The van der Waals surface area contributed by atoms with E-state index in [1.54, 1.807) is 0 Å². The molecular weight excluding hydrogens is 328 g/mol. The SMILES string of the molecule is CCc1cccc(C=C(Cc2ccccc2)C(OC(C)=O)OC(C)=O)c1. The summed E-state index contributed by atoms with van der Waals surface area (Å²) in [7, 11) is 0. The van der Waals surface area contributed by atoms with E-state index in [4.69, 9.17) is 9.47 Å². The molecular formula is C22H24O4. The maximum Gasteiger partial charge on any atom is 0.305 e. The van der Waals surface area contributed by atoms with Crippen LogP contribution in [-0.2, 0) is 31.9 Å². The Morgan fingerprint density at radius 2 is 1.54 bits per heavy atom. The van der Waals surface area contributed by atoms with E-state index in [1.165, 1.54) is 19.4 Å². The molecule has 0 aromatic heterocycles. The first-order chi connectivity index (χ1) is 12.5. The van der Waals surface area contributed by atoms with E-state index >= 15 is 0 Å². The Kier molecular flexibility index (Phi) is 7.15. The van der Waals surface area contributed by atoms with Crippen LogP contribution in [-0.4, -0.2) is 18.2 Å². The third kappa shape index (κ3) is 6.20. The normalized spacial score (nSPS) is 11.3. The van der Waals surface area contributed by atoms with Crippen LogP contribution < -0.4 is 0 Å². The number of aryl methyl sites for hydroxylation is 1. The third-order valence-electron chi connectivity index (χ3n) is 3.81. The van der Waals surface area contributed by atoms with Crippen molar-refractivity contribution in [2.24, 2.45) is 0 Å². The molecule has 0 unspecified atom stereocenters. The predicted octanol–water partition coefficient (Wildman–Crippen LogP) is 4.33. The third-order valence-corrected chi connectivity index (χ3v) is 3.81. The lowest BCUT2D eigenvalue weighted by Gasteiger charge is -2.20. The molecule has 2 rings (SSSR count). The van der Waals surface area contributed by atoms with Gasteiger partial charge in [-0.05, 0) is 29.2 Å². The van der Waals surface area contributed by atoms with Gasteiger partial charge in [0.1, 0.15) is 0 Å². The van der Waals surface area contributed by atoms with Gasteiger partial charge < -0.3 is 9.47 Å². The topological polar surface area (TPSA) is 52.6 Å². The number of esters is 2. The number of benzene rings is 2. The van der Waals surface area contributed by atoms with Gasteiger partial charge in [-0.3, -0.25) is 9.59 Å². The van der Waals surface area contributed by atoms with Crippen molar-refractivity contribution in [2.75, 3.05) is 0 Å². The van der Waals surface area contributed by atoms with E-state index in [2.05, 4.69) is 19.1 Å². The fourth-order valence-corrected chi connectivity index (χ4v) is 2.63. The fraction of sp³-hybridized carbons (Fsp3) is 0.273. The molecule has 136 valence electrons. The van der Waals surface area contributed by atoms with Crippen LogP contribution in [0.5, 0.6) is 0 Å². The minimum absolute atomic E-state index is 0.502. The molecule has 4 heteroatoms. The van der Waals surface area contributed by atoms with Crippen molar-refractivity contribution in [1.29, 1.82) is 0 Å². The van der Waals surface area contributed by atoms with Gasteiger partial charge in [0, 0.05) is 25.8 Å². The van der Waals surface area contributed by atoms with Gasteiger partial charge in [-0.25, -0.2) is 0 Å². The maximum absolute atomic E-state index is 11.5. The Labute approximate surface area is 154 Å². The molecule has 0 aliphatic heterocycles. The van der Waals surface area contributed by atoms with Crippen LogP contribution in [0.2, 0.25) is 0 Å². The van der Waals surface area contributed by atoms with Gasteiger partial charge in [0.15, 0.2) is 0 Å². The largest absolute Gasteiger partial charge is 0.421 e.